The molecule has 0 N–H and O–H groups in total. The van der Waals surface area contributed by atoms with Crippen molar-refractivity contribution in [2.24, 2.45) is 0 Å². The molecule has 0 atom stereocenters. The molecule has 1 aromatic heterocycles. The van der Waals surface area contributed by atoms with Gasteiger partial charge in [0.05, 0.1) is 11.4 Å². The summed E-state index contributed by atoms with van der Waals surface area (Å²) in [6.07, 6.45) is 3.84. The molecule has 0 aliphatic heterocycles. The van der Waals surface area contributed by atoms with Gasteiger partial charge >= 0.3 is 0 Å². The molecule has 1 aromatic carbocycles. The number of halogens is 1. The molecule has 3 nitrogen and oxygen atoms in total. The predicted molar refractivity (Wildman–Crippen MR) is 85.5 cm³/mol. The lowest BCUT2D eigenvalue weighted by Crippen LogP contribution is -1.95. The summed E-state index contributed by atoms with van der Waals surface area (Å²) in [5, 5.41) is 5.14. The first kappa shape index (κ1) is 14.9. The van der Waals surface area contributed by atoms with Crippen molar-refractivity contribution in [2.75, 3.05) is 5.75 Å². The van der Waals surface area contributed by atoms with Crippen LogP contribution in [0.25, 0.3) is 11.8 Å². The maximum atomic E-state index is 10.9. The van der Waals surface area contributed by atoms with E-state index in [1.54, 1.807) is 11.6 Å². The number of carbonyl (C=O) groups excluding carboxylic acids is 1. The SMILES string of the molecule is CC(=O)SCC=Cc1c(C)nn(-c2ccccc2)c1Cl. The summed E-state index contributed by atoms with van der Waals surface area (Å²) in [5.41, 5.74) is 2.68. The topological polar surface area (TPSA) is 34.9 Å². The van der Waals surface area contributed by atoms with Gasteiger partial charge < -0.3 is 0 Å². The van der Waals surface area contributed by atoms with Crippen LogP contribution in [-0.4, -0.2) is 20.6 Å². The molecule has 20 heavy (non-hydrogen) atoms. The van der Waals surface area contributed by atoms with Gasteiger partial charge in [0.2, 0.25) is 0 Å². The number of hydrogen-bond acceptors (Lipinski definition) is 3. The highest BCUT2D eigenvalue weighted by atomic mass is 35.5. The average molecular weight is 307 g/mol. The lowest BCUT2D eigenvalue weighted by Gasteiger charge is -2.01. The summed E-state index contributed by atoms with van der Waals surface area (Å²) in [4.78, 5) is 10.9. The fourth-order valence-electron chi connectivity index (χ4n) is 1.77. The number of aryl methyl sites for hydroxylation is 1. The maximum absolute atomic E-state index is 10.9. The van der Waals surface area contributed by atoms with Crippen LogP contribution >= 0.6 is 23.4 Å². The second-order valence-corrected chi connectivity index (χ2v) is 5.80. The number of para-hydroxylation sites is 1. The van der Waals surface area contributed by atoms with E-state index in [4.69, 9.17) is 11.6 Å². The number of aromatic nitrogens is 2. The number of benzene rings is 1. The minimum absolute atomic E-state index is 0.109. The zero-order chi connectivity index (χ0) is 14.5. The predicted octanol–water partition coefficient (Wildman–Crippen LogP) is 4.13. The van der Waals surface area contributed by atoms with Crippen molar-refractivity contribution in [1.29, 1.82) is 0 Å². The summed E-state index contributed by atoms with van der Waals surface area (Å²) >= 11 is 7.65. The third-order valence-corrected chi connectivity index (χ3v) is 3.85. The van der Waals surface area contributed by atoms with Crippen molar-refractivity contribution in [1.82, 2.24) is 9.78 Å². The van der Waals surface area contributed by atoms with Gasteiger partial charge in [0.25, 0.3) is 0 Å². The molecule has 1 heterocycles. The fraction of sp³-hybridized carbons (Fsp3) is 0.200. The van der Waals surface area contributed by atoms with Crippen LogP contribution in [0.2, 0.25) is 5.15 Å². The molecule has 2 rings (SSSR count). The van der Waals surface area contributed by atoms with E-state index in [-0.39, 0.29) is 5.12 Å². The second-order valence-electron chi connectivity index (χ2n) is 4.24. The summed E-state index contributed by atoms with van der Waals surface area (Å²) in [7, 11) is 0. The molecule has 0 amide bonds. The first-order valence-electron chi connectivity index (χ1n) is 6.20. The van der Waals surface area contributed by atoms with Crippen LogP contribution in [0.4, 0.5) is 0 Å². The van der Waals surface area contributed by atoms with E-state index in [1.165, 1.54) is 11.8 Å². The molecule has 2 aromatic rings. The molecule has 0 unspecified atom stereocenters. The van der Waals surface area contributed by atoms with Crippen LogP contribution in [0, 0.1) is 6.92 Å². The number of carbonyl (C=O) groups is 1. The summed E-state index contributed by atoms with van der Waals surface area (Å²) in [6, 6.07) is 9.76. The van der Waals surface area contributed by atoms with Gasteiger partial charge in [0, 0.05) is 18.2 Å². The Kier molecular flexibility index (Phi) is 5.04. The molecule has 0 fully saturated rings. The van der Waals surface area contributed by atoms with E-state index in [2.05, 4.69) is 5.10 Å². The van der Waals surface area contributed by atoms with Gasteiger partial charge in [0.1, 0.15) is 5.15 Å². The first-order chi connectivity index (χ1) is 9.59. The van der Waals surface area contributed by atoms with Crippen LogP contribution in [0.3, 0.4) is 0 Å². The first-order valence-corrected chi connectivity index (χ1v) is 7.56. The summed E-state index contributed by atoms with van der Waals surface area (Å²) < 4.78 is 1.72. The number of nitrogens with zero attached hydrogens (tertiary/aromatic N) is 2. The number of rotatable bonds is 4. The standard InChI is InChI=1S/C15H15ClN2OS/c1-11-14(9-6-10-20-12(2)19)15(16)18(17-11)13-7-4-3-5-8-13/h3-9H,10H2,1-2H3. The van der Waals surface area contributed by atoms with Gasteiger partial charge in [-0.2, -0.15) is 5.10 Å². The molecular weight excluding hydrogens is 292 g/mol. The van der Waals surface area contributed by atoms with Gasteiger partial charge in [-0.15, -0.1) is 0 Å². The minimum Gasteiger partial charge on any atom is -0.288 e. The molecule has 0 saturated heterocycles. The Bertz CT molecular complexity index is 635. The van der Waals surface area contributed by atoms with Gasteiger partial charge in [-0.1, -0.05) is 53.7 Å². The molecule has 0 aliphatic rings. The Labute approximate surface area is 127 Å². The minimum atomic E-state index is 0.109. The van der Waals surface area contributed by atoms with Gasteiger partial charge in [-0.25, -0.2) is 4.68 Å². The van der Waals surface area contributed by atoms with E-state index in [0.29, 0.717) is 10.9 Å². The zero-order valence-corrected chi connectivity index (χ0v) is 12.9. The molecule has 0 bridgehead atoms. The van der Waals surface area contributed by atoms with Crippen molar-refractivity contribution in [2.45, 2.75) is 13.8 Å². The molecule has 5 heteroatoms. The van der Waals surface area contributed by atoms with Crippen LogP contribution in [0.1, 0.15) is 18.2 Å². The number of thioether (sulfide) groups is 1. The highest BCUT2D eigenvalue weighted by molar-refractivity contribution is 8.13. The van der Waals surface area contributed by atoms with Gasteiger partial charge in [-0.05, 0) is 19.1 Å². The monoisotopic (exact) mass is 306 g/mol. The van der Waals surface area contributed by atoms with E-state index < -0.39 is 0 Å². The van der Waals surface area contributed by atoms with Gasteiger partial charge in [0.15, 0.2) is 5.12 Å². The zero-order valence-electron chi connectivity index (χ0n) is 11.3. The maximum Gasteiger partial charge on any atom is 0.186 e. The van der Waals surface area contributed by atoms with Crippen molar-refractivity contribution in [3.05, 3.63) is 52.8 Å². The Morgan fingerprint density at radius 2 is 2.10 bits per heavy atom. The van der Waals surface area contributed by atoms with Crippen molar-refractivity contribution in [3.8, 4) is 5.69 Å². The average Bonchev–Trinajstić information content (AvgIpc) is 2.71. The lowest BCUT2D eigenvalue weighted by atomic mass is 10.2. The van der Waals surface area contributed by atoms with Crippen LogP contribution < -0.4 is 0 Å². The largest absolute Gasteiger partial charge is 0.288 e. The molecule has 0 spiro atoms. The van der Waals surface area contributed by atoms with E-state index in [9.17, 15) is 4.79 Å². The van der Waals surface area contributed by atoms with Crippen LogP contribution in [0.15, 0.2) is 36.4 Å². The third kappa shape index (κ3) is 3.52. The highest BCUT2D eigenvalue weighted by Crippen LogP contribution is 2.24. The van der Waals surface area contributed by atoms with Crippen molar-refractivity contribution in [3.63, 3.8) is 0 Å². The Hall–Kier alpha value is -1.52. The molecule has 0 radical (unpaired) electrons. The van der Waals surface area contributed by atoms with E-state index >= 15 is 0 Å². The molecule has 0 saturated carbocycles. The van der Waals surface area contributed by atoms with E-state index in [1.807, 2.05) is 49.4 Å². The Morgan fingerprint density at radius 3 is 2.75 bits per heavy atom. The van der Waals surface area contributed by atoms with Crippen LogP contribution in [-0.2, 0) is 4.79 Å². The highest BCUT2D eigenvalue weighted by Gasteiger charge is 2.11. The Balaban J connectivity index is 2.23. The summed E-state index contributed by atoms with van der Waals surface area (Å²) in [5.74, 6) is 0.640. The van der Waals surface area contributed by atoms with Crippen LogP contribution in [0.5, 0.6) is 0 Å². The normalized spacial score (nSPS) is 11.2. The third-order valence-electron chi connectivity index (χ3n) is 2.72. The van der Waals surface area contributed by atoms with Gasteiger partial charge in [-0.3, -0.25) is 4.79 Å². The Morgan fingerprint density at radius 1 is 1.40 bits per heavy atom. The van der Waals surface area contributed by atoms with Crippen molar-refractivity contribution >= 4 is 34.6 Å². The molecule has 0 aliphatic carbocycles. The smallest absolute Gasteiger partial charge is 0.186 e. The lowest BCUT2D eigenvalue weighted by molar-refractivity contribution is -0.109. The second kappa shape index (κ2) is 6.77. The number of hydrogen-bond donors (Lipinski definition) is 0. The van der Waals surface area contributed by atoms with E-state index in [0.717, 1.165) is 16.9 Å². The molecule has 104 valence electrons. The quantitative estimate of drug-likeness (QED) is 0.852. The summed E-state index contributed by atoms with van der Waals surface area (Å²) in [6.45, 7) is 3.48. The van der Waals surface area contributed by atoms with Crippen molar-refractivity contribution < 1.29 is 4.79 Å². The molecular formula is C15H15ClN2OS. The fourth-order valence-corrected chi connectivity index (χ4v) is 2.53.